The lowest BCUT2D eigenvalue weighted by Gasteiger charge is -2.36. The number of benzene rings is 1. The summed E-state index contributed by atoms with van der Waals surface area (Å²) in [5.41, 5.74) is 8.92. The summed E-state index contributed by atoms with van der Waals surface area (Å²) in [4.78, 5) is 0. The first kappa shape index (κ1) is 13.4. The molecule has 2 rings (SSSR count). The van der Waals surface area contributed by atoms with Crippen molar-refractivity contribution < 1.29 is 0 Å². The largest absolute Gasteiger partial charge is 0.327 e. The molecule has 1 nitrogen and oxygen atoms in total. The molecule has 1 unspecified atom stereocenters. The first-order valence-electron chi connectivity index (χ1n) is 7.08. The second-order valence-electron chi connectivity index (χ2n) is 6.22. The smallest absolute Gasteiger partial charge is 0.0110 e. The van der Waals surface area contributed by atoms with Gasteiger partial charge in [0.1, 0.15) is 0 Å². The third kappa shape index (κ3) is 3.23. The lowest BCUT2D eigenvalue weighted by molar-refractivity contribution is 0.219. The molecule has 1 fully saturated rings. The lowest BCUT2D eigenvalue weighted by atomic mass is 9.69. The molecule has 1 aromatic rings. The van der Waals surface area contributed by atoms with E-state index in [1.165, 1.54) is 36.8 Å². The zero-order chi connectivity index (χ0) is 13.0. The van der Waals surface area contributed by atoms with Gasteiger partial charge in [-0.1, -0.05) is 56.7 Å². The Hall–Kier alpha value is -1.08. The highest BCUT2D eigenvalue weighted by molar-refractivity contribution is 5.55. The van der Waals surface area contributed by atoms with Crippen LogP contribution in [0, 0.1) is 5.41 Å². The molecule has 1 aliphatic rings. The average molecular weight is 243 g/mol. The highest BCUT2D eigenvalue weighted by Gasteiger charge is 2.29. The molecular weight excluding hydrogens is 218 g/mol. The molecule has 1 aliphatic carbocycles. The van der Waals surface area contributed by atoms with Gasteiger partial charge in [0.25, 0.3) is 0 Å². The van der Waals surface area contributed by atoms with Gasteiger partial charge in [-0.3, -0.25) is 0 Å². The summed E-state index contributed by atoms with van der Waals surface area (Å²) in [6, 6.07) is 8.79. The van der Waals surface area contributed by atoms with Gasteiger partial charge in [0.2, 0.25) is 0 Å². The fraction of sp³-hybridized carbons (Fsp3) is 0.529. The van der Waals surface area contributed by atoms with E-state index in [1.807, 2.05) is 6.08 Å². The molecular formula is C17H25N. The van der Waals surface area contributed by atoms with Crippen LogP contribution in [0.3, 0.4) is 0 Å². The van der Waals surface area contributed by atoms with Crippen LogP contribution < -0.4 is 5.73 Å². The van der Waals surface area contributed by atoms with Gasteiger partial charge < -0.3 is 5.73 Å². The first-order chi connectivity index (χ1) is 8.62. The van der Waals surface area contributed by atoms with Crippen LogP contribution in [0.2, 0.25) is 0 Å². The molecule has 1 atom stereocenters. The molecule has 0 aromatic heterocycles. The molecule has 18 heavy (non-hydrogen) atoms. The molecule has 2 N–H and O–H groups in total. The van der Waals surface area contributed by atoms with E-state index in [1.54, 1.807) is 0 Å². The fourth-order valence-corrected chi connectivity index (χ4v) is 3.19. The van der Waals surface area contributed by atoms with Gasteiger partial charge >= 0.3 is 0 Å². The second kappa shape index (κ2) is 5.71. The predicted molar refractivity (Wildman–Crippen MR) is 79.5 cm³/mol. The topological polar surface area (TPSA) is 26.0 Å². The maximum Gasteiger partial charge on any atom is 0.0110 e. The quantitative estimate of drug-likeness (QED) is 0.839. The maximum absolute atomic E-state index is 5.56. The fourth-order valence-electron chi connectivity index (χ4n) is 3.19. The van der Waals surface area contributed by atoms with Crippen molar-refractivity contribution in [1.82, 2.24) is 0 Å². The van der Waals surface area contributed by atoms with Crippen molar-refractivity contribution in [1.29, 1.82) is 0 Å². The van der Waals surface area contributed by atoms with Crippen molar-refractivity contribution >= 4 is 6.08 Å². The number of nitrogens with two attached hydrogens (primary N) is 1. The van der Waals surface area contributed by atoms with E-state index in [9.17, 15) is 0 Å². The Morgan fingerprint density at radius 3 is 2.83 bits per heavy atom. The number of rotatable bonds is 3. The molecule has 1 aromatic carbocycles. The second-order valence-corrected chi connectivity index (χ2v) is 6.22. The van der Waals surface area contributed by atoms with Gasteiger partial charge in [-0.2, -0.15) is 0 Å². The monoisotopic (exact) mass is 243 g/mol. The van der Waals surface area contributed by atoms with Gasteiger partial charge in [0.15, 0.2) is 0 Å². The van der Waals surface area contributed by atoms with E-state index in [0.717, 1.165) is 0 Å². The number of hydrogen-bond donors (Lipinski definition) is 1. The molecule has 0 heterocycles. The van der Waals surface area contributed by atoms with E-state index in [0.29, 0.717) is 17.9 Å². The standard InChI is InChI=1S/C17H25N/c1-17(2)11-5-8-15(13-17)16-10-4-3-7-14(16)9-6-12-18/h3-4,6-7,9-10,15H,5,8,11-13,18H2,1-2H3/b9-6+. The number of hydrogen-bond acceptors (Lipinski definition) is 1. The van der Waals surface area contributed by atoms with Crippen LogP contribution in [0.25, 0.3) is 6.08 Å². The van der Waals surface area contributed by atoms with Gasteiger partial charge in [-0.05, 0) is 41.7 Å². The lowest BCUT2D eigenvalue weighted by Crippen LogP contribution is -2.21. The van der Waals surface area contributed by atoms with E-state index < -0.39 is 0 Å². The van der Waals surface area contributed by atoms with Gasteiger partial charge in [-0.25, -0.2) is 0 Å². The van der Waals surface area contributed by atoms with Crippen LogP contribution in [0.5, 0.6) is 0 Å². The van der Waals surface area contributed by atoms with Crippen molar-refractivity contribution in [3.63, 3.8) is 0 Å². The molecule has 0 saturated heterocycles. The summed E-state index contributed by atoms with van der Waals surface area (Å²) in [7, 11) is 0. The highest BCUT2D eigenvalue weighted by Crippen LogP contribution is 2.44. The summed E-state index contributed by atoms with van der Waals surface area (Å²) in [6.07, 6.45) is 9.58. The molecule has 98 valence electrons. The van der Waals surface area contributed by atoms with Crippen molar-refractivity contribution in [2.75, 3.05) is 6.54 Å². The molecule has 0 aliphatic heterocycles. The van der Waals surface area contributed by atoms with Gasteiger partial charge in [0, 0.05) is 6.54 Å². The van der Waals surface area contributed by atoms with E-state index in [4.69, 9.17) is 5.73 Å². The van der Waals surface area contributed by atoms with E-state index >= 15 is 0 Å². The Morgan fingerprint density at radius 2 is 2.11 bits per heavy atom. The van der Waals surface area contributed by atoms with Crippen LogP contribution in [-0.4, -0.2) is 6.54 Å². The summed E-state index contributed by atoms with van der Waals surface area (Å²) in [5.74, 6) is 0.715. The zero-order valence-electron chi connectivity index (χ0n) is 11.7. The minimum Gasteiger partial charge on any atom is -0.327 e. The van der Waals surface area contributed by atoms with Gasteiger partial charge in [0.05, 0.1) is 0 Å². The van der Waals surface area contributed by atoms with Crippen molar-refractivity contribution in [3.05, 3.63) is 41.5 Å². The molecule has 0 radical (unpaired) electrons. The maximum atomic E-state index is 5.56. The summed E-state index contributed by atoms with van der Waals surface area (Å²) < 4.78 is 0. The summed E-state index contributed by atoms with van der Waals surface area (Å²) in [5, 5.41) is 0. The Labute approximate surface area is 111 Å². The third-order valence-electron chi connectivity index (χ3n) is 4.07. The minimum atomic E-state index is 0.494. The Balaban J connectivity index is 2.24. The van der Waals surface area contributed by atoms with Crippen LogP contribution in [-0.2, 0) is 0 Å². The molecule has 1 saturated carbocycles. The normalized spacial score (nSPS) is 23.4. The summed E-state index contributed by atoms with van der Waals surface area (Å²) in [6.45, 7) is 5.42. The van der Waals surface area contributed by atoms with Crippen LogP contribution in [0.1, 0.15) is 56.6 Å². The van der Waals surface area contributed by atoms with E-state index in [-0.39, 0.29) is 0 Å². The SMILES string of the molecule is CC1(C)CCCC(c2ccccc2/C=C/CN)C1. The van der Waals surface area contributed by atoms with Crippen LogP contribution in [0.15, 0.2) is 30.3 Å². The Kier molecular flexibility index (Phi) is 4.23. The highest BCUT2D eigenvalue weighted by atomic mass is 14.5. The molecule has 0 amide bonds. The minimum absolute atomic E-state index is 0.494. The Morgan fingerprint density at radius 1 is 1.33 bits per heavy atom. The average Bonchev–Trinajstić information content (AvgIpc) is 2.35. The first-order valence-corrected chi connectivity index (χ1v) is 7.08. The zero-order valence-corrected chi connectivity index (χ0v) is 11.7. The van der Waals surface area contributed by atoms with Crippen molar-refractivity contribution in [3.8, 4) is 0 Å². The van der Waals surface area contributed by atoms with Gasteiger partial charge in [-0.15, -0.1) is 0 Å². The van der Waals surface area contributed by atoms with Crippen LogP contribution in [0.4, 0.5) is 0 Å². The predicted octanol–water partition coefficient (Wildman–Crippen LogP) is 4.34. The molecule has 0 bridgehead atoms. The van der Waals surface area contributed by atoms with Crippen LogP contribution >= 0.6 is 0 Å². The van der Waals surface area contributed by atoms with Crippen molar-refractivity contribution in [2.24, 2.45) is 11.1 Å². The van der Waals surface area contributed by atoms with E-state index in [2.05, 4.69) is 44.2 Å². The van der Waals surface area contributed by atoms with Crippen molar-refractivity contribution in [2.45, 2.75) is 45.4 Å². The molecule has 1 heteroatoms. The molecule has 0 spiro atoms. The summed E-state index contributed by atoms with van der Waals surface area (Å²) >= 11 is 0. The Bertz CT molecular complexity index is 417. The third-order valence-corrected chi connectivity index (χ3v) is 4.07.